The second kappa shape index (κ2) is 10.2. The van der Waals surface area contributed by atoms with E-state index < -0.39 is 0 Å². The highest BCUT2D eigenvalue weighted by molar-refractivity contribution is 5.55. The first kappa shape index (κ1) is 18.7. The molecule has 2 aromatic carbocycles. The van der Waals surface area contributed by atoms with Crippen LogP contribution in [0.5, 0.6) is 5.75 Å². The molecule has 1 heterocycles. The molecule has 1 aliphatic rings. The molecule has 0 fully saturated rings. The zero-order chi connectivity index (χ0) is 18.0. The topological polar surface area (TPSA) is 41.9 Å². The van der Waals surface area contributed by atoms with Crippen LogP contribution in [0, 0.1) is 0 Å². The maximum atomic E-state index is 8.72. The van der Waals surface area contributed by atoms with Crippen LogP contribution >= 0.6 is 0 Å². The fourth-order valence-electron chi connectivity index (χ4n) is 3.33. The van der Waals surface area contributed by atoms with Crippen LogP contribution in [0.1, 0.15) is 24.0 Å². The van der Waals surface area contributed by atoms with Crippen molar-refractivity contribution >= 4 is 5.69 Å². The molecule has 0 bridgehead atoms. The molecule has 4 nitrogen and oxygen atoms in total. The monoisotopic (exact) mass is 355 g/mol. The highest BCUT2D eigenvalue weighted by Gasteiger charge is 2.15. The van der Waals surface area contributed by atoms with Gasteiger partial charge in [-0.05, 0) is 55.0 Å². The summed E-state index contributed by atoms with van der Waals surface area (Å²) in [6.07, 6.45) is 3.98. The van der Waals surface area contributed by atoms with Crippen LogP contribution in [-0.4, -0.2) is 44.6 Å². The van der Waals surface area contributed by atoms with E-state index in [1.807, 2.05) is 12.1 Å². The summed E-state index contributed by atoms with van der Waals surface area (Å²) in [6, 6.07) is 16.9. The quantitative estimate of drug-likeness (QED) is 0.663. The number of benzene rings is 2. The number of aryl methyl sites for hydroxylation is 1. The minimum absolute atomic E-state index is 0.190. The molecule has 0 unspecified atom stereocenters. The Morgan fingerprint density at radius 1 is 0.962 bits per heavy atom. The number of para-hydroxylation sites is 1. The average molecular weight is 355 g/mol. The normalized spacial score (nSPS) is 13.5. The van der Waals surface area contributed by atoms with E-state index >= 15 is 0 Å². The van der Waals surface area contributed by atoms with Crippen molar-refractivity contribution in [3.8, 4) is 5.75 Å². The van der Waals surface area contributed by atoms with Crippen LogP contribution in [0.15, 0.2) is 48.5 Å². The van der Waals surface area contributed by atoms with E-state index in [9.17, 15) is 0 Å². The van der Waals surface area contributed by atoms with Crippen molar-refractivity contribution in [2.45, 2.75) is 25.7 Å². The highest BCUT2D eigenvalue weighted by Crippen LogP contribution is 2.26. The van der Waals surface area contributed by atoms with Crippen molar-refractivity contribution in [2.24, 2.45) is 0 Å². The first-order chi connectivity index (χ1) is 12.9. The Kier molecular flexibility index (Phi) is 7.35. The molecule has 3 rings (SSSR count). The summed E-state index contributed by atoms with van der Waals surface area (Å²) >= 11 is 0. The molecule has 0 saturated heterocycles. The molecular weight excluding hydrogens is 326 g/mol. The average Bonchev–Trinajstić information content (AvgIpc) is 2.69. The number of fused-ring (bicyclic) bond motifs is 1. The van der Waals surface area contributed by atoms with E-state index in [2.05, 4.69) is 41.3 Å². The van der Waals surface area contributed by atoms with Crippen molar-refractivity contribution in [2.75, 3.05) is 44.4 Å². The lowest BCUT2D eigenvalue weighted by Gasteiger charge is -2.31. The van der Waals surface area contributed by atoms with Crippen molar-refractivity contribution in [3.63, 3.8) is 0 Å². The number of nitrogens with zero attached hydrogens (tertiary/aromatic N) is 1. The molecule has 2 aromatic rings. The third kappa shape index (κ3) is 5.48. The molecule has 1 aliphatic heterocycles. The van der Waals surface area contributed by atoms with Crippen LogP contribution < -0.4 is 9.64 Å². The maximum Gasteiger partial charge on any atom is 0.119 e. The minimum Gasteiger partial charge on any atom is -0.492 e. The minimum atomic E-state index is 0.190. The number of anilines is 1. The lowest BCUT2D eigenvalue weighted by Crippen LogP contribution is -2.33. The van der Waals surface area contributed by atoms with Gasteiger partial charge in [0.05, 0.1) is 13.2 Å². The van der Waals surface area contributed by atoms with Gasteiger partial charge in [0.25, 0.3) is 0 Å². The summed E-state index contributed by atoms with van der Waals surface area (Å²) in [5.74, 6) is 0.917. The zero-order valence-electron chi connectivity index (χ0n) is 15.4. The molecular formula is C22H29NO3. The second-order valence-electron chi connectivity index (χ2n) is 6.65. The van der Waals surface area contributed by atoms with Crippen LogP contribution in [0.4, 0.5) is 5.69 Å². The molecule has 0 atom stereocenters. The maximum absolute atomic E-state index is 8.72. The first-order valence-electron chi connectivity index (χ1n) is 9.60. The summed E-state index contributed by atoms with van der Waals surface area (Å²) in [5, 5.41) is 8.72. The standard InChI is InChI=1S/C22H29NO3/c24-15-4-16-25-17-12-19-8-10-21(11-9-19)26-18-14-23-13-3-6-20-5-1-2-7-22(20)23/h1-2,5,7-11,24H,3-4,6,12-18H2. The van der Waals surface area contributed by atoms with Gasteiger partial charge in [-0.2, -0.15) is 0 Å². The van der Waals surface area contributed by atoms with E-state index in [4.69, 9.17) is 14.6 Å². The Hall–Kier alpha value is -2.04. The third-order valence-electron chi connectivity index (χ3n) is 4.74. The molecule has 140 valence electrons. The molecule has 1 N–H and O–H groups in total. The van der Waals surface area contributed by atoms with Gasteiger partial charge in [-0.15, -0.1) is 0 Å². The SMILES string of the molecule is OCCCOCCc1ccc(OCCN2CCCc3ccccc32)cc1. The summed E-state index contributed by atoms with van der Waals surface area (Å²) in [4.78, 5) is 2.43. The van der Waals surface area contributed by atoms with Crippen LogP contribution in [0.2, 0.25) is 0 Å². The Labute approximate surface area is 156 Å². The lowest BCUT2D eigenvalue weighted by atomic mass is 10.0. The van der Waals surface area contributed by atoms with Gasteiger partial charge < -0.3 is 19.5 Å². The van der Waals surface area contributed by atoms with Crippen molar-refractivity contribution < 1.29 is 14.6 Å². The molecule has 0 saturated carbocycles. The smallest absolute Gasteiger partial charge is 0.119 e. The van der Waals surface area contributed by atoms with E-state index in [1.54, 1.807) is 0 Å². The molecule has 26 heavy (non-hydrogen) atoms. The van der Waals surface area contributed by atoms with E-state index in [-0.39, 0.29) is 6.61 Å². The predicted octanol–water partition coefficient (Wildman–Crippen LogP) is 3.46. The summed E-state index contributed by atoms with van der Waals surface area (Å²) in [6.45, 7) is 4.21. The van der Waals surface area contributed by atoms with Crippen LogP contribution in [0.25, 0.3) is 0 Å². The number of hydrogen-bond acceptors (Lipinski definition) is 4. The summed E-state index contributed by atoms with van der Waals surface area (Å²) < 4.78 is 11.4. The fraction of sp³-hybridized carbons (Fsp3) is 0.455. The molecule has 0 amide bonds. The lowest BCUT2D eigenvalue weighted by molar-refractivity contribution is 0.118. The van der Waals surface area contributed by atoms with Gasteiger partial charge in [-0.25, -0.2) is 0 Å². The Bertz CT molecular complexity index is 657. The number of hydrogen-bond donors (Lipinski definition) is 1. The van der Waals surface area contributed by atoms with Gasteiger partial charge in [0.1, 0.15) is 12.4 Å². The molecule has 0 radical (unpaired) electrons. The van der Waals surface area contributed by atoms with E-state index in [1.165, 1.54) is 29.7 Å². The second-order valence-corrected chi connectivity index (χ2v) is 6.65. The highest BCUT2D eigenvalue weighted by atomic mass is 16.5. The van der Waals surface area contributed by atoms with Gasteiger partial charge in [0.2, 0.25) is 0 Å². The zero-order valence-corrected chi connectivity index (χ0v) is 15.4. The third-order valence-corrected chi connectivity index (χ3v) is 4.74. The number of rotatable bonds is 10. The molecule has 4 heteroatoms. The molecule has 0 aromatic heterocycles. The summed E-state index contributed by atoms with van der Waals surface area (Å²) in [7, 11) is 0. The first-order valence-corrected chi connectivity index (χ1v) is 9.60. The molecule has 0 aliphatic carbocycles. The van der Waals surface area contributed by atoms with Crippen LogP contribution in [-0.2, 0) is 17.6 Å². The van der Waals surface area contributed by atoms with Crippen molar-refractivity contribution in [3.05, 3.63) is 59.7 Å². The van der Waals surface area contributed by atoms with Crippen molar-refractivity contribution in [1.82, 2.24) is 0 Å². The molecule has 0 spiro atoms. The van der Waals surface area contributed by atoms with Crippen LogP contribution in [0.3, 0.4) is 0 Å². The predicted molar refractivity (Wildman–Crippen MR) is 105 cm³/mol. The van der Waals surface area contributed by atoms with Gasteiger partial charge in [-0.3, -0.25) is 0 Å². The largest absolute Gasteiger partial charge is 0.492 e. The van der Waals surface area contributed by atoms with Gasteiger partial charge in [0, 0.05) is 25.4 Å². The van der Waals surface area contributed by atoms with Gasteiger partial charge in [0.15, 0.2) is 0 Å². The summed E-state index contributed by atoms with van der Waals surface area (Å²) in [5.41, 5.74) is 4.05. The Morgan fingerprint density at radius 2 is 1.81 bits per heavy atom. The number of aliphatic hydroxyl groups excluding tert-OH is 1. The van der Waals surface area contributed by atoms with Gasteiger partial charge >= 0.3 is 0 Å². The number of aliphatic hydroxyl groups is 1. The fourth-order valence-corrected chi connectivity index (χ4v) is 3.33. The Morgan fingerprint density at radius 3 is 2.65 bits per heavy atom. The van der Waals surface area contributed by atoms with E-state index in [0.29, 0.717) is 26.2 Å². The van der Waals surface area contributed by atoms with Crippen molar-refractivity contribution in [1.29, 1.82) is 0 Å². The Balaban J connectivity index is 1.40. The van der Waals surface area contributed by atoms with E-state index in [0.717, 1.165) is 25.3 Å². The number of ether oxygens (including phenoxy) is 2. The van der Waals surface area contributed by atoms with Gasteiger partial charge in [-0.1, -0.05) is 30.3 Å².